The first-order valence-corrected chi connectivity index (χ1v) is 13.0. The third-order valence-corrected chi connectivity index (χ3v) is 7.57. The molecule has 0 bridgehead atoms. The number of fused-ring (bicyclic) bond motifs is 1. The minimum atomic E-state index is -1.01. The quantitative estimate of drug-likeness (QED) is 0.461. The first kappa shape index (κ1) is 25.7. The number of para-hydroxylation sites is 1. The Kier molecular flexibility index (Phi) is 7.03. The summed E-state index contributed by atoms with van der Waals surface area (Å²) in [4.78, 5) is 44.9. The van der Waals surface area contributed by atoms with Gasteiger partial charge in [-0.3, -0.25) is 14.2 Å². The van der Waals surface area contributed by atoms with Crippen molar-refractivity contribution in [2.75, 3.05) is 31.5 Å². The summed E-state index contributed by atoms with van der Waals surface area (Å²) in [5.41, 5.74) is 3.84. The van der Waals surface area contributed by atoms with E-state index in [1.807, 2.05) is 37.0 Å². The highest BCUT2D eigenvalue weighted by Crippen LogP contribution is 2.30. The Morgan fingerprint density at radius 3 is 2.71 bits per heavy atom. The van der Waals surface area contributed by atoms with Crippen molar-refractivity contribution in [2.45, 2.75) is 32.7 Å². The summed E-state index contributed by atoms with van der Waals surface area (Å²) < 4.78 is 1.59. The Balaban J connectivity index is 1.50. The highest BCUT2D eigenvalue weighted by atomic mass is 16.4. The molecule has 9 nitrogen and oxygen atoms in total. The molecule has 3 N–H and O–H groups in total. The van der Waals surface area contributed by atoms with Gasteiger partial charge in [0.1, 0.15) is 5.82 Å². The lowest BCUT2D eigenvalue weighted by molar-refractivity contribution is -0.134. The Morgan fingerprint density at radius 1 is 1.24 bits per heavy atom. The average molecular weight is 516 g/mol. The SMILES string of the molecule is Cc1cc([C@@H](C)Nc2ccccc2C(=O)O)c2nc(C3=CCN(C(=O)C4CCNC4)CC3)n(C)c(=O)c2c1. The van der Waals surface area contributed by atoms with E-state index in [-0.39, 0.29) is 29.0 Å². The predicted molar refractivity (Wildman–Crippen MR) is 147 cm³/mol. The van der Waals surface area contributed by atoms with Gasteiger partial charge in [-0.1, -0.05) is 24.3 Å². The van der Waals surface area contributed by atoms with Crippen molar-refractivity contribution < 1.29 is 14.7 Å². The second-order valence-corrected chi connectivity index (χ2v) is 10.2. The van der Waals surface area contributed by atoms with Gasteiger partial charge in [-0.15, -0.1) is 0 Å². The van der Waals surface area contributed by atoms with Crippen LogP contribution in [0.1, 0.15) is 53.1 Å². The van der Waals surface area contributed by atoms with E-state index in [0.717, 1.165) is 36.2 Å². The van der Waals surface area contributed by atoms with Gasteiger partial charge in [-0.25, -0.2) is 9.78 Å². The van der Waals surface area contributed by atoms with Crippen LogP contribution in [0.5, 0.6) is 0 Å². The van der Waals surface area contributed by atoms with Crippen molar-refractivity contribution >= 4 is 34.0 Å². The number of carbonyl (C=O) groups is 2. The van der Waals surface area contributed by atoms with Crippen LogP contribution < -0.4 is 16.2 Å². The van der Waals surface area contributed by atoms with Crippen LogP contribution in [-0.4, -0.2) is 57.6 Å². The lowest BCUT2D eigenvalue weighted by Crippen LogP contribution is -2.40. The van der Waals surface area contributed by atoms with E-state index in [4.69, 9.17) is 4.98 Å². The van der Waals surface area contributed by atoms with Crippen LogP contribution in [0.4, 0.5) is 5.69 Å². The van der Waals surface area contributed by atoms with Gasteiger partial charge in [0.15, 0.2) is 0 Å². The summed E-state index contributed by atoms with van der Waals surface area (Å²) in [7, 11) is 1.74. The van der Waals surface area contributed by atoms with E-state index < -0.39 is 5.97 Å². The van der Waals surface area contributed by atoms with E-state index in [0.29, 0.717) is 41.9 Å². The van der Waals surface area contributed by atoms with Crippen LogP contribution in [0.15, 0.2) is 47.3 Å². The Bertz CT molecular complexity index is 1500. The third-order valence-electron chi connectivity index (χ3n) is 7.57. The van der Waals surface area contributed by atoms with E-state index in [1.165, 1.54) is 0 Å². The average Bonchev–Trinajstić information content (AvgIpc) is 3.45. The van der Waals surface area contributed by atoms with Gasteiger partial charge in [0.05, 0.1) is 28.4 Å². The Labute approximate surface area is 221 Å². The molecule has 2 aliphatic rings. The number of aryl methyl sites for hydroxylation is 1. The highest BCUT2D eigenvalue weighted by Gasteiger charge is 2.29. The summed E-state index contributed by atoms with van der Waals surface area (Å²) in [5.74, 6) is -0.186. The van der Waals surface area contributed by atoms with Crippen LogP contribution in [0.25, 0.3) is 16.5 Å². The number of anilines is 1. The number of hydrogen-bond donors (Lipinski definition) is 3. The summed E-state index contributed by atoms with van der Waals surface area (Å²) in [5, 5.41) is 16.7. The van der Waals surface area contributed by atoms with Crippen molar-refractivity contribution in [3.8, 4) is 0 Å². The molecule has 1 fully saturated rings. The van der Waals surface area contributed by atoms with Crippen molar-refractivity contribution in [3.63, 3.8) is 0 Å². The number of carboxylic acids is 1. The fraction of sp³-hybridized carbons (Fsp3) is 0.379. The number of amides is 1. The lowest BCUT2D eigenvalue weighted by Gasteiger charge is -2.29. The molecule has 0 radical (unpaired) electrons. The standard InChI is InChI=1S/C29H33N5O4/c1-17-14-22(18(2)31-24-7-5-4-6-21(24)29(37)38)25-23(15-17)28(36)33(3)26(32-25)19-9-12-34(13-10-19)27(35)20-8-11-30-16-20/h4-7,9,14-15,18,20,30-31H,8,10-13,16H2,1-3H3,(H,37,38)/t18-,20?/m1/s1. The van der Waals surface area contributed by atoms with Gasteiger partial charge in [-0.2, -0.15) is 0 Å². The molecule has 3 heterocycles. The molecule has 38 heavy (non-hydrogen) atoms. The van der Waals surface area contributed by atoms with Gasteiger partial charge < -0.3 is 20.6 Å². The van der Waals surface area contributed by atoms with Crippen LogP contribution in [0.3, 0.4) is 0 Å². The smallest absolute Gasteiger partial charge is 0.337 e. The molecule has 2 atom stereocenters. The largest absolute Gasteiger partial charge is 0.478 e. The number of aromatic nitrogens is 2. The number of nitrogens with zero attached hydrogens (tertiary/aromatic N) is 3. The minimum absolute atomic E-state index is 0.0409. The molecule has 1 unspecified atom stereocenters. The normalized spacial score (nSPS) is 18.3. The number of aromatic carboxylic acids is 1. The molecule has 3 aromatic rings. The topological polar surface area (TPSA) is 117 Å². The molecular weight excluding hydrogens is 482 g/mol. The van der Waals surface area contributed by atoms with Crippen molar-refractivity contribution in [1.82, 2.24) is 19.8 Å². The van der Waals surface area contributed by atoms with Crippen molar-refractivity contribution in [3.05, 3.63) is 75.3 Å². The zero-order valence-electron chi connectivity index (χ0n) is 22.0. The Morgan fingerprint density at radius 2 is 2.03 bits per heavy atom. The fourth-order valence-corrected chi connectivity index (χ4v) is 5.47. The molecular formula is C29H33N5O4. The monoisotopic (exact) mass is 515 g/mol. The molecule has 1 aromatic heterocycles. The van der Waals surface area contributed by atoms with E-state index >= 15 is 0 Å². The predicted octanol–water partition coefficient (Wildman–Crippen LogP) is 3.34. The summed E-state index contributed by atoms with van der Waals surface area (Å²) in [6.45, 7) is 6.59. The third kappa shape index (κ3) is 4.81. The van der Waals surface area contributed by atoms with Gasteiger partial charge >= 0.3 is 5.97 Å². The number of carbonyl (C=O) groups excluding carboxylic acids is 1. The van der Waals surface area contributed by atoms with Crippen LogP contribution in [0.2, 0.25) is 0 Å². The molecule has 2 aliphatic heterocycles. The highest BCUT2D eigenvalue weighted by molar-refractivity contribution is 5.94. The second kappa shape index (κ2) is 10.4. The molecule has 0 saturated carbocycles. The maximum atomic E-state index is 13.5. The van der Waals surface area contributed by atoms with Gasteiger partial charge in [0.25, 0.3) is 5.56 Å². The number of nitrogens with one attached hydrogen (secondary N) is 2. The number of benzene rings is 2. The van der Waals surface area contributed by atoms with Crippen LogP contribution >= 0.6 is 0 Å². The van der Waals surface area contributed by atoms with Crippen LogP contribution in [0, 0.1) is 12.8 Å². The minimum Gasteiger partial charge on any atom is -0.478 e. The summed E-state index contributed by atoms with van der Waals surface area (Å²) >= 11 is 0. The van der Waals surface area contributed by atoms with E-state index in [9.17, 15) is 19.5 Å². The first-order valence-electron chi connectivity index (χ1n) is 13.0. The Hall–Kier alpha value is -3.98. The zero-order chi connectivity index (χ0) is 27.0. The second-order valence-electron chi connectivity index (χ2n) is 10.2. The first-order chi connectivity index (χ1) is 18.2. The molecule has 0 aliphatic carbocycles. The van der Waals surface area contributed by atoms with Crippen LogP contribution in [-0.2, 0) is 11.8 Å². The maximum absolute atomic E-state index is 13.5. The molecule has 2 aromatic carbocycles. The number of carboxylic acid groups (broad SMARTS) is 1. The number of rotatable bonds is 6. The van der Waals surface area contributed by atoms with E-state index in [1.54, 1.807) is 35.9 Å². The van der Waals surface area contributed by atoms with Crippen molar-refractivity contribution in [1.29, 1.82) is 0 Å². The summed E-state index contributed by atoms with van der Waals surface area (Å²) in [6, 6.07) is 10.3. The molecule has 1 amide bonds. The maximum Gasteiger partial charge on any atom is 0.337 e. The van der Waals surface area contributed by atoms with Gasteiger partial charge in [0.2, 0.25) is 5.91 Å². The molecule has 5 rings (SSSR count). The van der Waals surface area contributed by atoms with Gasteiger partial charge in [-0.05, 0) is 62.6 Å². The molecule has 0 spiro atoms. The number of hydrogen-bond acceptors (Lipinski definition) is 6. The molecule has 1 saturated heterocycles. The van der Waals surface area contributed by atoms with E-state index in [2.05, 4.69) is 10.6 Å². The molecule has 9 heteroatoms. The van der Waals surface area contributed by atoms with Gasteiger partial charge in [0, 0.05) is 37.9 Å². The zero-order valence-corrected chi connectivity index (χ0v) is 22.0. The lowest BCUT2D eigenvalue weighted by atomic mass is 9.99. The summed E-state index contributed by atoms with van der Waals surface area (Å²) in [6.07, 6.45) is 3.51. The fourth-order valence-electron chi connectivity index (χ4n) is 5.47. The van der Waals surface area contributed by atoms with Crippen molar-refractivity contribution in [2.24, 2.45) is 13.0 Å². The molecule has 198 valence electrons.